The Hall–Kier alpha value is -3.93. The highest BCUT2D eigenvalue weighted by Gasteiger charge is 2.19. The molecule has 338 valence electrons. The molecule has 0 aromatic rings. The quantitative estimate of drug-likeness (QED) is 0.0201. The van der Waals surface area contributed by atoms with Crippen LogP contribution in [0.4, 0.5) is 0 Å². The van der Waals surface area contributed by atoms with Gasteiger partial charge in [0.05, 0.1) is 0 Å². The molecule has 0 bridgehead atoms. The van der Waals surface area contributed by atoms with Crippen molar-refractivity contribution in [2.24, 2.45) is 0 Å². The second kappa shape index (κ2) is 47.7. The molecule has 0 saturated heterocycles. The molecule has 0 aromatic heterocycles. The third-order valence-electron chi connectivity index (χ3n) is 9.67. The molecule has 0 radical (unpaired) electrons. The largest absolute Gasteiger partial charge is 0.462 e. The zero-order chi connectivity index (χ0) is 43.7. The Morgan fingerprint density at radius 1 is 0.350 bits per heavy atom. The molecule has 0 fully saturated rings. The predicted octanol–water partition coefficient (Wildman–Crippen LogP) is 15.6. The number of unbranched alkanes of at least 4 members (excludes halogenated alkanes) is 18. The van der Waals surface area contributed by atoms with Crippen molar-refractivity contribution in [1.82, 2.24) is 0 Å². The fourth-order valence-electron chi connectivity index (χ4n) is 6.05. The molecule has 0 rings (SSSR count). The van der Waals surface area contributed by atoms with E-state index in [0.717, 1.165) is 83.5 Å². The summed E-state index contributed by atoms with van der Waals surface area (Å²) < 4.78 is 16.6. The number of carbonyl (C=O) groups is 3. The van der Waals surface area contributed by atoms with E-state index in [0.29, 0.717) is 25.7 Å². The first-order valence-corrected chi connectivity index (χ1v) is 24.0. The molecule has 6 heteroatoms. The molecule has 0 aliphatic carbocycles. The van der Waals surface area contributed by atoms with Crippen LogP contribution in [-0.2, 0) is 28.6 Å². The third kappa shape index (κ3) is 45.2. The maximum Gasteiger partial charge on any atom is 0.306 e. The predicted molar refractivity (Wildman–Crippen MR) is 256 cm³/mol. The molecule has 0 aliphatic heterocycles. The Labute approximate surface area is 368 Å². The van der Waals surface area contributed by atoms with Crippen molar-refractivity contribution in [3.8, 4) is 0 Å². The summed E-state index contributed by atoms with van der Waals surface area (Å²) in [6, 6.07) is 0. The van der Waals surface area contributed by atoms with Gasteiger partial charge in [-0.2, -0.15) is 0 Å². The number of hydrogen-bond donors (Lipinski definition) is 0. The van der Waals surface area contributed by atoms with E-state index in [2.05, 4.69) is 81.5 Å². The lowest BCUT2D eigenvalue weighted by Gasteiger charge is -2.18. The van der Waals surface area contributed by atoms with Crippen LogP contribution in [-0.4, -0.2) is 37.2 Å². The van der Waals surface area contributed by atoms with Crippen molar-refractivity contribution >= 4 is 17.9 Å². The zero-order valence-corrected chi connectivity index (χ0v) is 38.4. The highest BCUT2D eigenvalue weighted by molar-refractivity contribution is 5.71. The molecular formula is C54H86O6. The van der Waals surface area contributed by atoms with Crippen LogP contribution >= 0.6 is 0 Å². The van der Waals surface area contributed by atoms with Crippen LogP contribution in [0.15, 0.2) is 109 Å². The minimum absolute atomic E-state index is 0.117. The van der Waals surface area contributed by atoms with E-state index >= 15 is 0 Å². The number of esters is 3. The van der Waals surface area contributed by atoms with Gasteiger partial charge in [-0.05, 0) is 83.5 Å². The van der Waals surface area contributed by atoms with E-state index in [1.807, 2.05) is 48.6 Å². The Bertz CT molecular complexity index is 1280. The SMILES string of the molecule is CC\C=C/C=C\C=C/C=C\C=C/CCCCCC(=O)OC(COC(=O)CCC/C=C\CCCCCC)COC(=O)CCCCCCC\C=C/C=C\C=C/CCCCCCC. The maximum atomic E-state index is 12.7. The first-order valence-electron chi connectivity index (χ1n) is 24.0. The van der Waals surface area contributed by atoms with Crippen LogP contribution in [0.5, 0.6) is 0 Å². The van der Waals surface area contributed by atoms with E-state index in [1.165, 1.54) is 57.8 Å². The lowest BCUT2D eigenvalue weighted by atomic mass is 10.1. The van der Waals surface area contributed by atoms with Crippen LogP contribution in [0.25, 0.3) is 0 Å². The van der Waals surface area contributed by atoms with E-state index < -0.39 is 6.10 Å². The van der Waals surface area contributed by atoms with Crippen molar-refractivity contribution in [3.05, 3.63) is 109 Å². The molecule has 0 heterocycles. The first kappa shape index (κ1) is 56.1. The minimum Gasteiger partial charge on any atom is -0.462 e. The van der Waals surface area contributed by atoms with Gasteiger partial charge < -0.3 is 14.2 Å². The normalized spacial score (nSPS) is 13.1. The van der Waals surface area contributed by atoms with Gasteiger partial charge in [0.2, 0.25) is 0 Å². The lowest BCUT2D eigenvalue weighted by Crippen LogP contribution is -2.30. The smallest absolute Gasteiger partial charge is 0.306 e. The van der Waals surface area contributed by atoms with Crippen molar-refractivity contribution in [2.45, 2.75) is 200 Å². The fraction of sp³-hybridized carbons (Fsp3) is 0.611. The van der Waals surface area contributed by atoms with Gasteiger partial charge in [-0.3, -0.25) is 14.4 Å². The molecule has 0 N–H and O–H groups in total. The van der Waals surface area contributed by atoms with Crippen molar-refractivity contribution in [2.75, 3.05) is 13.2 Å². The molecule has 0 aliphatic rings. The number of rotatable bonds is 41. The Morgan fingerprint density at radius 2 is 0.683 bits per heavy atom. The van der Waals surface area contributed by atoms with Crippen LogP contribution in [0, 0.1) is 0 Å². The average Bonchev–Trinajstić information content (AvgIpc) is 3.24. The second-order valence-corrected chi connectivity index (χ2v) is 15.5. The number of hydrogen-bond acceptors (Lipinski definition) is 6. The Kier molecular flexibility index (Phi) is 44.6. The molecule has 0 spiro atoms. The van der Waals surface area contributed by atoms with Gasteiger partial charge in [0.25, 0.3) is 0 Å². The Morgan fingerprint density at radius 3 is 1.17 bits per heavy atom. The molecule has 0 saturated carbocycles. The lowest BCUT2D eigenvalue weighted by molar-refractivity contribution is -0.167. The van der Waals surface area contributed by atoms with Gasteiger partial charge in [0, 0.05) is 19.3 Å². The molecular weight excluding hydrogens is 745 g/mol. The fourth-order valence-corrected chi connectivity index (χ4v) is 6.05. The number of ether oxygens (including phenoxy) is 3. The van der Waals surface area contributed by atoms with Gasteiger partial charge >= 0.3 is 17.9 Å². The topological polar surface area (TPSA) is 78.9 Å². The van der Waals surface area contributed by atoms with E-state index in [4.69, 9.17) is 14.2 Å². The first-order chi connectivity index (χ1) is 29.5. The summed E-state index contributed by atoms with van der Waals surface area (Å²) >= 11 is 0. The van der Waals surface area contributed by atoms with Gasteiger partial charge in [-0.25, -0.2) is 0 Å². The Balaban J connectivity index is 4.51. The van der Waals surface area contributed by atoms with Crippen LogP contribution in [0.3, 0.4) is 0 Å². The third-order valence-corrected chi connectivity index (χ3v) is 9.67. The van der Waals surface area contributed by atoms with Crippen LogP contribution < -0.4 is 0 Å². The van der Waals surface area contributed by atoms with Crippen molar-refractivity contribution < 1.29 is 28.6 Å². The summed E-state index contributed by atoms with van der Waals surface area (Å²) in [5.74, 6) is -1.02. The van der Waals surface area contributed by atoms with Crippen LogP contribution in [0.2, 0.25) is 0 Å². The van der Waals surface area contributed by atoms with Crippen LogP contribution in [0.1, 0.15) is 194 Å². The summed E-state index contributed by atoms with van der Waals surface area (Å²) in [4.78, 5) is 37.8. The number of carbonyl (C=O) groups excluding carboxylic acids is 3. The highest BCUT2D eigenvalue weighted by Crippen LogP contribution is 2.12. The zero-order valence-electron chi connectivity index (χ0n) is 38.4. The van der Waals surface area contributed by atoms with E-state index in [9.17, 15) is 14.4 Å². The van der Waals surface area contributed by atoms with Crippen molar-refractivity contribution in [1.29, 1.82) is 0 Å². The summed E-state index contributed by atoms with van der Waals surface area (Å²) in [5.41, 5.74) is 0. The average molecular weight is 831 g/mol. The maximum absolute atomic E-state index is 12.7. The summed E-state index contributed by atoms with van der Waals surface area (Å²) in [7, 11) is 0. The molecule has 0 amide bonds. The van der Waals surface area contributed by atoms with Gasteiger partial charge in [0.15, 0.2) is 6.10 Å². The standard InChI is InChI=1S/C54H86O6/c1-4-7-10-13-16-19-21-23-25-26-27-29-30-32-35-38-41-44-47-53(56)59-50-51(49-58-52(55)46-43-40-37-34-18-15-12-9-6-3)60-54(57)48-45-42-39-36-33-31-28-24-22-20-17-14-11-8-5-2/h8,11,14,17,20-29,31,33-34,37,51H,4-7,9-10,12-13,15-16,18-19,30,32,35-36,38-50H2,1-3H3/b11-8-,17-14-,22-20-,23-21-,26-25-,28-24-,29-27-,33-31-,37-34-. The minimum atomic E-state index is -0.820. The van der Waals surface area contributed by atoms with E-state index in [-0.39, 0.29) is 37.5 Å². The second-order valence-electron chi connectivity index (χ2n) is 15.5. The monoisotopic (exact) mass is 831 g/mol. The van der Waals surface area contributed by atoms with Crippen molar-refractivity contribution in [3.63, 3.8) is 0 Å². The van der Waals surface area contributed by atoms with Gasteiger partial charge in [0.1, 0.15) is 13.2 Å². The van der Waals surface area contributed by atoms with E-state index in [1.54, 1.807) is 0 Å². The molecule has 1 unspecified atom stereocenters. The van der Waals surface area contributed by atoms with Gasteiger partial charge in [-0.15, -0.1) is 0 Å². The summed E-state index contributed by atoms with van der Waals surface area (Å²) in [6.45, 7) is 6.34. The molecule has 60 heavy (non-hydrogen) atoms. The molecule has 1 atom stereocenters. The van der Waals surface area contributed by atoms with Gasteiger partial charge in [-0.1, -0.05) is 201 Å². The molecule has 6 nitrogen and oxygen atoms in total. The number of allylic oxidation sites excluding steroid dienone is 18. The summed E-state index contributed by atoms with van der Waals surface area (Å²) in [5, 5.41) is 0. The molecule has 0 aromatic carbocycles. The summed E-state index contributed by atoms with van der Waals surface area (Å²) in [6.07, 6.45) is 63.6. The highest BCUT2D eigenvalue weighted by atomic mass is 16.6.